The molecule has 4 N–H and O–H groups in total. The number of fused-ring (bicyclic) bond motifs is 1. The van der Waals surface area contributed by atoms with Gasteiger partial charge in [-0.2, -0.15) is 0 Å². The average molecular weight is 659 g/mol. The van der Waals surface area contributed by atoms with Crippen LogP contribution in [-0.2, 0) is 18.8 Å². The van der Waals surface area contributed by atoms with Crippen molar-refractivity contribution in [2.75, 3.05) is 43.5 Å². The molecule has 1 saturated heterocycles. The molecule has 12 nitrogen and oxygen atoms in total. The van der Waals surface area contributed by atoms with E-state index in [1.54, 1.807) is 59.9 Å². The number of hydrogen-bond acceptors (Lipinski definition) is 6. The smallest absolute Gasteiger partial charge is 0.272 e. The maximum absolute atomic E-state index is 13.2. The van der Waals surface area contributed by atoms with Crippen LogP contribution in [0.15, 0.2) is 85.3 Å². The molecular weight excluding hydrogens is 620 g/mol. The fourth-order valence-electron chi connectivity index (χ4n) is 5.61. The van der Waals surface area contributed by atoms with Gasteiger partial charge in [-0.3, -0.25) is 24.8 Å². The van der Waals surface area contributed by atoms with E-state index in [-0.39, 0.29) is 11.8 Å². The summed E-state index contributed by atoms with van der Waals surface area (Å²) in [5.74, 6) is -0.519. The second kappa shape index (κ2) is 14.8. The van der Waals surface area contributed by atoms with Crippen LogP contribution in [0.4, 0.5) is 11.4 Å². The molecule has 49 heavy (non-hydrogen) atoms. The van der Waals surface area contributed by atoms with Crippen molar-refractivity contribution >= 4 is 58.0 Å². The summed E-state index contributed by atoms with van der Waals surface area (Å²) < 4.78 is 8.59. The second-order valence-corrected chi connectivity index (χ2v) is 11.8. The van der Waals surface area contributed by atoms with Crippen molar-refractivity contribution in [1.82, 2.24) is 24.3 Å². The predicted octanol–water partition coefficient (Wildman–Crippen LogP) is 5.02. The number of amides is 3. The van der Waals surface area contributed by atoms with Crippen molar-refractivity contribution in [3.8, 4) is 0 Å². The van der Waals surface area contributed by atoms with E-state index in [0.29, 0.717) is 73.4 Å². The molecule has 0 saturated carbocycles. The number of anilines is 2. The van der Waals surface area contributed by atoms with Gasteiger partial charge in [-0.05, 0) is 47.5 Å². The van der Waals surface area contributed by atoms with Gasteiger partial charge in [0.15, 0.2) is 0 Å². The summed E-state index contributed by atoms with van der Waals surface area (Å²) in [5.41, 5.74) is 4.98. The van der Waals surface area contributed by atoms with Gasteiger partial charge in [0.05, 0.1) is 35.9 Å². The minimum Gasteiger partial charge on any atom is -0.378 e. The van der Waals surface area contributed by atoms with Crippen LogP contribution in [0.5, 0.6) is 0 Å². The van der Waals surface area contributed by atoms with Crippen molar-refractivity contribution in [2.45, 2.75) is 6.42 Å². The molecule has 5 aromatic rings. The number of morpholine rings is 1. The van der Waals surface area contributed by atoms with Gasteiger partial charge in [-0.1, -0.05) is 42.5 Å². The molecule has 0 aliphatic carbocycles. The molecule has 1 aliphatic heterocycles. The van der Waals surface area contributed by atoms with Crippen molar-refractivity contribution in [3.63, 3.8) is 0 Å². The number of nitrogens with one attached hydrogen (secondary N) is 4. The second-order valence-electron chi connectivity index (χ2n) is 11.8. The standard InChI is InChI=1S/C37H38N8O4/c1-43-24-30(20-32(43)36(47)39-14-13-34(38)45-15-17-49-18-16-45)42-37(48)33-21-29(23-44(33)2)41-35(46)27-11-9-25(10-12-27)7-8-26-19-28-5-3-4-6-31(28)40-22-26/h3-12,19-24,38H,13-18H2,1-2H3,(H,39,47)(H,41,46)(H,42,48)/b8-7+,38-34?. The SMILES string of the molecule is Cn1cc(NC(=O)c2cc(NC(=O)c3ccc(/C=C/c4cnc5ccccc5c4)cc3)cn2C)cc1C(=O)NCCC(=N)N1CCOCC1. The van der Waals surface area contributed by atoms with E-state index in [9.17, 15) is 14.4 Å². The number of hydrogen-bond donors (Lipinski definition) is 4. The molecule has 250 valence electrons. The minimum absolute atomic E-state index is 0.298. The first-order valence-electron chi connectivity index (χ1n) is 16.0. The third-order valence-corrected chi connectivity index (χ3v) is 8.28. The van der Waals surface area contributed by atoms with Crippen LogP contribution >= 0.6 is 0 Å². The number of aromatic nitrogens is 3. The highest BCUT2D eigenvalue weighted by atomic mass is 16.5. The Hall–Kier alpha value is -6.01. The zero-order valence-electron chi connectivity index (χ0n) is 27.4. The largest absolute Gasteiger partial charge is 0.378 e. The lowest BCUT2D eigenvalue weighted by atomic mass is 10.1. The number of rotatable bonds is 10. The van der Waals surface area contributed by atoms with Crippen LogP contribution in [0, 0.1) is 5.41 Å². The number of ether oxygens (including phenoxy) is 1. The molecule has 0 atom stereocenters. The van der Waals surface area contributed by atoms with Crippen molar-refractivity contribution in [3.05, 3.63) is 113 Å². The Morgan fingerprint density at radius 2 is 1.45 bits per heavy atom. The summed E-state index contributed by atoms with van der Waals surface area (Å²) in [6, 6.07) is 20.5. The third kappa shape index (κ3) is 8.11. The maximum Gasteiger partial charge on any atom is 0.272 e. The highest BCUT2D eigenvalue weighted by molar-refractivity contribution is 6.07. The Labute approximate surface area is 283 Å². The normalized spacial score (nSPS) is 13.1. The Kier molecular flexibility index (Phi) is 9.96. The van der Waals surface area contributed by atoms with Gasteiger partial charge in [0.25, 0.3) is 17.7 Å². The van der Waals surface area contributed by atoms with Crippen LogP contribution < -0.4 is 16.0 Å². The van der Waals surface area contributed by atoms with Gasteiger partial charge >= 0.3 is 0 Å². The van der Waals surface area contributed by atoms with Gasteiger partial charge in [-0.15, -0.1) is 0 Å². The van der Waals surface area contributed by atoms with Gasteiger partial charge in [-0.25, -0.2) is 0 Å². The Balaban J connectivity index is 1.01. The summed E-state index contributed by atoms with van der Waals surface area (Å²) >= 11 is 0. The van der Waals surface area contributed by atoms with E-state index in [4.69, 9.17) is 10.1 Å². The molecule has 12 heteroatoms. The molecule has 1 fully saturated rings. The van der Waals surface area contributed by atoms with E-state index < -0.39 is 5.91 Å². The van der Waals surface area contributed by atoms with Gasteiger partial charge in [0, 0.05) is 69.7 Å². The molecular formula is C37H38N8O4. The number of para-hydroxylation sites is 1. The third-order valence-electron chi connectivity index (χ3n) is 8.28. The Morgan fingerprint density at radius 1 is 0.816 bits per heavy atom. The lowest BCUT2D eigenvalue weighted by Crippen LogP contribution is -2.41. The predicted molar refractivity (Wildman–Crippen MR) is 191 cm³/mol. The first-order valence-corrected chi connectivity index (χ1v) is 16.0. The molecule has 3 amide bonds. The zero-order valence-corrected chi connectivity index (χ0v) is 27.4. The number of nitrogens with zero attached hydrogens (tertiary/aromatic N) is 4. The molecule has 0 bridgehead atoms. The van der Waals surface area contributed by atoms with E-state index >= 15 is 0 Å². The number of aryl methyl sites for hydroxylation is 2. The summed E-state index contributed by atoms with van der Waals surface area (Å²) in [6.45, 7) is 2.89. The monoisotopic (exact) mass is 658 g/mol. The summed E-state index contributed by atoms with van der Waals surface area (Å²) in [7, 11) is 3.44. The van der Waals surface area contributed by atoms with Crippen molar-refractivity contribution in [2.24, 2.45) is 14.1 Å². The highest BCUT2D eigenvalue weighted by Gasteiger charge is 2.18. The lowest BCUT2D eigenvalue weighted by molar-refractivity contribution is 0.0668. The number of carbonyl (C=O) groups excluding carboxylic acids is 3. The first kappa shape index (κ1) is 32.9. The molecule has 0 radical (unpaired) electrons. The molecule has 3 aromatic heterocycles. The van der Waals surface area contributed by atoms with Gasteiger partial charge < -0.3 is 34.7 Å². The fourth-order valence-corrected chi connectivity index (χ4v) is 5.61. The van der Waals surface area contributed by atoms with Gasteiger partial charge in [0.1, 0.15) is 11.4 Å². The van der Waals surface area contributed by atoms with Crippen LogP contribution in [0.2, 0.25) is 0 Å². The number of pyridine rings is 1. The molecule has 4 heterocycles. The minimum atomic E-state index is -0.391. The summed E-state index contributed by atoms with van der Waals surface area (Å²) in [6.07, 6.45) is 9.53. The molecule has 0 unspecified atom stereocenters. The lowest BCUT2D eigenvalue weighted by Gasteiger charge is -2.29. The molecule has 0 spiro atoms. The Morgan fingerprint density at radius 3 is 2.16 bits per heavy atom. The van der Waals surface area contributed by atoms with Crippen LogP contribution in [0.3, 0.4) is 0 Å². The van der Waals surface area contributed by atoms with Crippen LogP contribution in [0.1, 0.15) is 48.9 Å². The topological polar surface area (TPSA) is 146 Å². The van der Waals surface area contributed by atoms with Crippen molar-refractivity contribution in [1.29, 1.82) is 5.41 Å². The van der Waals surface area contributed by atoms with E-state index in [1.165, 1.54) is 0 Å². The maximum atomic E-state index is 13.2. The molecule has 6 rings (SSSR count). The summed E-state index contributed by atoms with van der Waals surface area (Å²) in [4.78, 5) is 45.4. The van der Waals surface area contributed by atoms with E-state index in [2.05, 4.69) is 27.0 Å². The first-order chi connectivity index (χ1) is 23.7. The molecule has 1 aliphatic rings. The zero-order chi connectivity index (χ0) is 34.3. The van der Waals surface area contributed by atoms with E-state index in [0.717, 1.165) is 22.0 Å². The van der Waals surface area contributed by atoms with E-state index in [1.807, 2.05) is 59.6 Å². The Bertz CT molecular complexity index is 2040. The number of amidine groups is 1. The average Bonchev–Trinajstić information content (AvgIpc) is 3.68. The van der Waals surface area contributed by atoms with Crippen LogP contribution in [-0.4, -0.2) is 75.4 Å². The summed E-state index contributed by atoms with van der Waals surface area (Å²) in [5, 5.41) is 17.9. The molecule has 2 aromatic carbocycles. The quantitative estimate of drug-likeness (QED) is 0.123. The highest BCUT2D eigenvalue weighted by Crippen LogP contribution is 2.19. The van der Waals surface area contributed by atoms with Gasteiger partial charge in [0.2, 0.25) is 0 Å². The van der Waals surface area contributed by atoms with Crippen LogP contribution in [0.25, 0.3) is 23.1 Å². The van der Waals surface area contributed by atoms with Crippen molar-refractivity contribution < 1.29 is 19.1 Å². The fraction of sp³-hybridized carbons (Fsp3) is 0.216. The number of carbonyl (C=O) groups is 3. The number of benzene rings is 2.